The summed E-state index contributed by atoms with van der Waals surface area (Å²) in [5.74, 6) is -0.351. The van der Waals surface area contributed by atoms with Crippen molar-refractivity contribution in [3.63, 3.8) is 0 Å². The van der Waals surface area contributed by atoms with E-state index in [4.69, 9.17) is 0 Å². The molecule has 0 spiro atoms. The van der Waals surface area contributed by atoms with Crippen LogP contribution < -0.4 is 15.6 Å². The Bertz CT molecular complexity index is 1260. The van der Waals surface area contributed by atoms with Crippen LogP contribution in [0.25, 0.3) is 0 Å². The number of hydrogen-bond acceptors (Lipinski definition) is 7. The number of halogens is 2. The smallest absolute Gasteiger partial charge is 0.225 e. The maximum atomic E-state index is 14.8. The second kappa shape index (κ2) is 8.65. The number of aromatic nitrogens is 2. The summed E-state index contributed by atoms with van der Waals surface area (Å²) in [5.41, 5.74) is 4.92. The fraction of sp³-hybridized carbons (Fsp3) is 0.261. The third-order valence-corrected chi connectivity index (χ3v) is 9.12. The molecule has 170 valence electrons. The van der Waals surface area contributed by atoms with Crippen molar-refractivity contribution in [2.24, 2.45) is 5.10 Å². The molecule has 0 radical (unpaired) electrons. The van der Waals surface area contributed by atoms with Crippen molar-refractivity contribution < 1.29 is 18.5 Å². The summed E-state index contributed by atoms with van der Waals surface area (Å²) in [6, 6.07) is 10.5. The molecule has 2 aliphatic rings. The van der Waals surface area contributed by atoms with Gasteiger partial charge in [-0.15, -0.1) is 0 Å². The largest absolute Gasteiger partial charge is 0.368 e. The molecular formula is C23H22F2N5O2P. The van der Waals surface area contributed by atoms with Crippen LogP contribution in [0, 0.1) is 11.6 Å². The summed E-state index contributed by atoms with van der Waals surface area (Å²) >= 11 is 0. The molecule has 1 aromatic heterocycles. The number of fused-ring (bicyclic) bond motifs is 1. The van der Waals surface area contributed by atoms with Gasteiger partial charge in [-0.25, -0.2) is 18.7 Å². The summed E-state index contributed by atoms with van der Waals surface area (Å²) in [6.45, 7) is 0.969. The van der Waals surface area contributed by atoms with Crippen LogP contribution in [-0.2, 0) is 11.0 Å². The molecule has 1 unspecified atom stereocenters. The molecule has 3 aromatic rings. The summed E-state index contributed by atoms with van der Waals surface area (Å²) in [6.07, 6.45) is 3.21. The van der Waals surface area contributed by atoms with Crippen LogP contribution in [0.4, 0.5) is 14.7 Å². The molecule has 2 aliphatic heterocycles. The molecule has 0 bridgehead atoms. The summed E-state index contributed by atoms with van der Waals surface area (Å²) < 4.78 is 42.2. The van der Waals surface area contributed by atoms with E-state index in [1.807, 2.05) is 4.90 Å². The maximum absolute atomic E-state index is 14.8. The first-order valence-corrected chi connectivity index (χ1v) is 12.7. The van der Waals surface area contributed by atoms with Crippen molar-refractivity contribution in [3.05, 3.63) is 83.2 Å². The van der Waals surface area contributed by atoms with Gasteiger partial charge in [-0.1, -0.05) is 6.07 Å². The Hall–Kier alpha value is -3.16. The maximum Gasteiger partial charge on any atom is 0.225 e. The van der Waals surface area contributed by atoms with Crippen LogP contribution in [0.2, 0.25) is 0 Å². The molecule has 10 heteroatoms. The number of nitrogens with zero attached hydrogens (tertiary/aromatic N) is 4. The molecule has 3 heterocycles. The highest BCUT2D eigenvalue weighted by Gasteiger charge is 2.34. The van der Waals surface area contributed by atoms with E-state index < -0.39 is 25.0 Å². The van der Waals surface area contributed by atoms with E-state index in [2.05, 4.69) is 20.5 Å². The van der Waals surface area contributed by atoms with Gasteiger partial charge in [0.2, 0.25) is 5.95 Å². The minimum absolute atomic E-state index is 0.248. The SMILES string of the molecule is O=P1(c2cc(CC3=NNC(O)c4cc(F)ccc43)ccc2F)CCN(c2ncccn2)CC1. The van der Waals surface area contributed by atoms with Gasteiger partial charge in [0.25, 0.3) is 0 Å². The average Bonchev–Trinajstić information content (AvgIpc) is 2.83. The minimum atomic E-state index is -2.94. The van der Waals surface area contributed by atoms with Gasteiger partial charge >= 0.3 is 0 Å². The Kier molecular flexibility index (Phi) is 5.68. The van der Waals surface area contributed by atoms with Crippen molar-refractivity contribution in [1.82, 2.24) is 15.4 Å². The van der Waals surface area contributed by atoms with Gasteiger partial charge in [-0.3, -0.25) is 5.43 Å². The van der Waals surface area contributed by atoms with Crippen molar-refractivity contribution in [1.29, 1.82) is 0 Å². The molecule has 5 rings (SSSR count). The number of hydrazone groups is 1. The second-order valence-corrected chi connectivity index (χ2v) is 11.3. The normalized spacial score (nSPS) is 19.4. The highest BCUT2D eigenvalue weighted by atomic mass is 31.2. The Morgan fingerprint density at radius 2 is 1.85 bits per heavy atom. The monoisotopic (exact) mass is 469 g/mol. The fourth-order valence-electron chi connectivity index (χ4n) is 4.28. The first-order chi connectivity index (χ1) is 15.9. The number of hydrogen-bond donors (Lipinski definition) is 2. The molecule has 7 nitrogen and oxygen atoms in total. The van der Waals surface area contributed by atoms with Gasteiger partial charge in [0.1, 0.15) is 18.8 Å². The molecule has 2 aromatic carbocycles. The van der Waals surface area contributed by atoms with E-state index in [1.54, 1.807) is 36.7 Å². The third-order valence-electron chi connectivity index (χ3n) is 6.06. The minimum Gasteiger partial charge on any atom is -0.368 e. The van der Waals surface area contributed by atoms with Gasteiger partial charge in [0.05, 0.1) is 5.71 Å². The quantitative estimate of drug-likeness (QED) is 0.572. The third kappa shape index (κ3) is 4.26. The number of aliphatic hydroxyl groups is 1. The molecule has 33 heavy (non-hydrogen) atoms. The zero-order valence-corrected chi connectivity index (χ0v) is 18.6. The lowest BCUT2D eigenvalue weighted by atomic mass is 9.96. The lowest BCUT2D eigenvalue weighted by Gasteiger charge is -2.32. The standard InChI is InChI=1S/C23H22F2N5O2P/c24-16-3-4-17-18(14-16)22(31)29-28-20(17)12-15-2-5-19(25)21(13-15)33(32)10-8-30(9-11-33)23-26-6-1-7-27-23/h1-7,13-14,22,29,31H,8-12H2. The van der Waals surface area contributed by atoms with Gasteiger partial charge in [0.15, 0.2) is 6.23 Å². The Morgan fingerprint density at radius 3 is 2.61 bits per heavy atom. The molecule has 0 saturated carbocycles. The van der Waals surface area contributed by atoms with Crippen LogP contribution in [0.1, 0.15) is 22.9 Å². The van der Waals surface area contributed by atoms with Crippen molar-refractivity contribution in [3.8, 4) is 0 Å². The fourth-order valence-corrected chi connectivity index (χ4v) is 6.98. The molecule has 1 saturated heterocycles. The van der Waals surface area contributed by atoms with Crippen LogP contribution >= 0.6 is 7.14 Å². The van der Waals surface area contributed by atoms with Gasteiger partial charge in [-0.05, 0) is 42.0 Å². The lowest BCUT2D eigenvalue weighted by Crippen LogP contribution is -2.38. The molecule has 1 fully saturated rings. The van der Waals surface area contributed by atoms with Crippen molar-refractivity contribution >= 4 is 24.1 Å². The molecule has 2 N–H and O–H groups in total. The second-order valence-electron chi connectivity index (χ2n) is 8.16. The van der Waals surface area contributed by atoms with Crippen LogP contribution in [0.15, 0.2) is 60.0 Å². The number of aliphatic hydroxyl groups excluding tert-OH is 1. The zero-order chi connectivity index (χ0) is 23.0. The van der Waals surface area contributed by atoms with E-state index in [0.29, 0.717) is 54.6 Å². The molecular weight excluding hydrogens is 447 g/mol. The van der Waals surface area contributed by atoms with Crippen molar-refractivity contribution in [2.75, 3.05) is 30.3 Å². The van der Waals surface area contributed by atoms with Crippen molar-refractivity contribution in [2.45, 2.75) is 12.6 Å². The zero-order valence-electron chi connectivity index (χ0n) is 17.7. The van der Waals surface area contributed by atoms with E-state index >= 15 is 0 Å². The summed E-state index contributed by atoms with van der Waals surface area (Å²) in [5, 5.41) is 14.5. The van der Waals surface area contributed by atoms with E-state index in [9.17, 15) is 18.5 Å². The number of anilines is 1. The number of benzene rings is 2. The topological polar surface area (TPSA) is 90.7 Å². The summed E-state index contributed by atoms with van der Waals surface area (Å²) in [7, 11) is -2.94. The molecule has 0 aliphatic carbocycles. The van der Waals surface area contributed by atoms with Gasteiger partial charge in [0, 0.05) is 60.7 Å². The highest BCUT2D eigenvalue weighted by Crippen LogP contribution is 2.47. The Balaban J connectivity index is 1.38. The lowest BCUT2D eigenvalue weighted by molar-refractivity contribution is 0.138. The number of nitrogens with one attached hydrogen (secondary N) is 1. The van der Waals surface area contributed by atoms with Gasteiger partial charge < -0.3 is 14.6 Å². The van der Waals surface area contributed by atoms with E-state index in [0.717, 1.165) is 5.56 Å². The molecule has 0 amide bonds. The van der Waals surface area contributed by atoms with Crippen LogP contribution in [-0.4, -0.2) is 46.2 Å². The van der Waals surface area contributed by atoms with Crippen LogP contribution in [0.3, 0.4) is 0 Å². The Labute approximate surface area is 189 Å². The highest BCUT2D eigenvalue weighted by molar-refractivity contribution is 7.71. The first kappa shape index (κ1) is 21.7. The predicted octanol–water partition coefficient (Wildman–Crippen LogP) is 2.80. The van der Waals surface area contributed by atoms with Crippen LogP contribution in [0.5, 0.6) is 0 Å². The molecule has 1 atom stereocenters. The average molecular weight is 469 g/mol. The predicted molar refractivity (Wildman–Crippen MR) is 122 cm³/mol. The number of rotatable bonds is 4. The van der Waals surface area contributed by atoms with E-state index in [-0.39, 0.29) is 5.30 Å². The summed E-state index contributed by atoms with van der Waals surface area (Å²) in [4.78, 5) is 10.4. The Morgan fingerprint density at radius 1 is 1.09 bits per heavy atom. The van der Waals surface area contributed by atoms with E-state index in [1.165, 1.54) is 18.2 Å². The van der Waals surface area contributed by atoms with Gasteiger partial charge in [-0.2, -0.15) is 5.10 Å². The first-order valence-electron chi connectivity index (χ1n) is 10.6.